The Morgan fingerprint density at radius 3 is 2.78 bits per heavy atom. The van der Waals surface area contributed by atoms with Gasteiger partial charge < -0.3 is 10.0 Å². The number of benzene rings is 1. The van der Waals surface area contributed by atoms with Gasteiger partial charge in [0.2, 0.25) is 0 Å². The largest absolute Gasteiger partial charge is 0.389 e. The van der Waals surface area contributed by atoms with Crippen molar-refractivity contribution in [3.63, 3.8) is 0 Å². The van der Waals surface area contributed by atoms with Crippen LogP contribution in [0.25, 0.3) is 0 Å². The third-order valence-corrected chi connectivity index (χ3v) is 4.71. The van der Waals surface area contributed by atoms with Crippen LogP contribution in [0.2, 0.25) is 0 Å². The van der Waals surface area contributed by atoms with Gasteiger partial charge in [-0.1, -0.05) is 31.0 Å². The van der Waals surface area contributed by atoms with Gasteiger partial charge in [0, 0.05) is 23.8 Å². The first kappa shape index (κ1) is 12.0. The van der Waals surface area contributed by atoms with E-state index in [9.17, 15) is 5.11 Å². The van der Waals surface area contributed by atoms with Gasteiger partial charge in [-0.2, -0.15) is 0 Å². The summed E-state index contributed by atoms with van der Waals surface area (Å²) in [7, 11) is 0. The standard InChI is InChI=1S/C16H23NO/c1-12(18)14-7-3-5-9-16(14)17-11-10-13-6-2-4-8-15(13)17/h3,5,7,9,12-13,15,18H,2,4,6,8,10-11H2,1H3/t12-,13?,15?/m0/s1. The summed E-state index contributed by atoms with van der Waals surface area (Å²) in [6.45, 7) is 3.03. The molecule has 18 heavy (non-hydrogen) atoms. The molecule has 2 fully saturated rings. The zero-order chi connectivity index (χ0) is 12.5. The molecule has 3 rings (SSSR count). The first-order valence-electron chi connectivity index (χ1n) is 7.31. The highest BCUT2D eigenvalue weighted by atomic mass is 16.3. The third-order valence-electron chi connectivity index (χ3n) is 4.71. The lowest BCUT2D eigenvalue weighted by Gasteiger charge is -2.34. The lowest BCUT2D eigenvalue weighted by Crippen LogP contribution is -2.35. The molecule has 1 N–H and O–H groups in total. The van der Waals surface area contributed by atoms with Gasteiger partial charge in [0.1, 0.15) is 0 Å². The molecule has 3 atom stereocenters. The van der Waals surface area contributed by atoms with Crippen molar-refractivity contribution in [2.24, 2.45) is 5.92 Å². The summed E-state index contributed by atoms with van der Waals surface area (Å²) in [6, 6.07) is 9.09. The van der Waals surface area contributed by atoms with E-state index < -0.39 is 0 Å². The Balaban J connectivity index is 1.90. The third kappa shape index (κ3) is 2.03. The Hall–Kier alpha value is -1.02. The summed E-state index contributed by atoms with van der Waals surface area (Å²) in [6.07, 6.45) is 6.47. The summed E-state index contributed by atoms with van der Waals surface area (Å²) in [4.78, 5) is 2.56. The van der Waals surface area contributed by atoms with E-state index in [1.165, 1.54) is 44.3 Å². The zero-order valence-corrected chi connectivity index (χ0v) is 11.2. The number of aliphatic hydroxyl groups excluding tert-OH is 1. The van der Waals surface area contributed by atoms with E-state index in [4.69, 9.17) is 0 Å². The summed E-state index contributed by atoms with van der Waals surface area (Å²) in [5.74, 6) is 0.890. The van der Waals surface area contributed by atoms with Gasteiger partial charge >= 0.3 is 0 Å². The Bertz CT molecular complexity index is 415. The van der Waals surface area contributed by atoms with Crippen molar-refractivity contribution in [1.82, 2.24) is 0 Å². The molecule has 1 aliphatic heterocycles. The van der Waals surface area contributed by atoms with Crippen LogP contribution < -0.4 is 4.90 Å². The van der Waals surface area contributed by atoms with E-state index in [0.29, 0.717) is 0 Å². The molecule has 0 aromatic heterocycles. The molecule has 2 unspecified atom stereocenters. The second-order valence-electron chi connectivity index (χ2n) is 5.83. The van der Waals surface area contributed by atoms with Crippen LogP contribution in [0.5, 0.6) is 0 Å². The van der Waals surface area contributed by atoms with Crippen LogP contribution in [0.4, 0.5) is 5.69 Å². The lowest BCUT2D eigenvalue weighted by atomic mass is 9.85. The second-order valence-corrected chi connectivity index (χ2v) is 5.83. The van der Waals surface area contributed by atoms with Crippen molar-refractivity contribution < 1.29 is 5.11 Å². The first-order valence-corrected chi connectivity index (χ1v) is 7.31. The number of anilines is 1. The summed E-state index contributed by atoms with van der Waals surface area (Å²) in [5.41, 5.74) is 2.35. The molecule has 1 heterocycles. The topological polar surface area (TPSA) is 23.5 Å². The fourth-order valence-corrected chi connectivity index (χ4v) is 3.81. The molecule has 2 heteroatoms. The van der Waals surface area contributed by atoms with Gasteiger partial charge in [0.25, 0.3) is 0 Å². The highest BCUT2D eigenvalue weighted by Gasteiger charge is 2.36. The molecule has 1 aromatic carbocycles. The van der Waals surface area contributed by atoms with Crippen LogP contribution in [-0.4, -0.2) is 17.7 Å². The Morgan fingerprint density at radius 2 is 1.94 bits per heavy atom. The molecule has 1 saturated heterocycles. The molecule has 98 valence electrons. The minimum absolute atomic E-state index is 0.371. The van der Waals surface area contributed by atoms with Gasteiger partial charge in [-0.25, -0.2) is 0 Å². The predicted molar refractivity (Wildman–Crippen MR) is 74.8 cm³/mol. The lowest BCUT2D eigenvalue weighted by molar-refractivity contribution is 0.199. The van der Waals surface area contributed by atoms with Crippen molar-refractivity contribution in [3.8, 4) is 0 Å². The number of nitrogens with zero attached hydrogens (tertiary/aromatic N) is 1. The van der Waals surface area contributed by atoms with E-state index in [1.54, 1.807) is 0 Å². The second kappa shape index (κ2) is 4.93. The molecular formula is C16H23NO. The van der Waals surface area contributed by atoms with Crippen LogP contribution in [0.3, 0.4) is 0 Å². The Kier molecular flexibility index (Phi) is 3.29. The highest BCUT2D eigenvalue weighted by molar-refractivity contribution is 5.56. The summed E-state index contributed by atoms with van der Waals surface area (Å²) in [5, 5.41) is 9.93. The molecule has 1 aromatic rings. The Morgan fingerprint density at radius 1 is 1.17 bits per heavy atom. The molecular weight excluding hydrogens is 222 g/mol. The maximum Gasteiger partial charge on any atom is 0.0781 e. The van der Waals surface area contributed by atoms with E-state index in [1.807, 2.05) is 13.0 Å². The average Bonchev–Trinajstić information content (AvgIpc) is 2.82. The molecule has 0 spiro atoms. The fraction of sp³-hybridized carbons (Fsp3) is 0.625. The number of hydrogen-bond acceptors (Lipinski definition) is 2. The van der Waals surface area contributed by atoms with Crippen molar-refractivity contribution in [2.45, 2.75) is 51.2 Å². The summed E-state index contributed by atoms with van der Waals surface area (Å²) < 4.78 is 0. The molecule has 0 bridgehead atoms. The van der Waals surface area contributed by atoms with E-state index >= 15 is 0 Å². The van der Waals surface area contributed by atoms with Crippen LogP contribution >= 0.6 is 0 Å². The van der Waals surface area contributed by atoms with Crippen molar-refractivity contribution >= 4 is 5.69 Å². The fourth-order valence-electron chi connectivity index (χ4n) is 3.81. The van der Waals surface area contributed by atoms with E-state index in [-0.39, 0.29) is 6.10 Å². The smallest absolute Gasteiger partial charge is 0.0781 e. The molecule has 2 nitrogen and oxygen atoms in total. The molecule has 0 amide bonds. The molecule has 2 aliphatic rings. The average molecular weight is 245 g/mol. The maximum absolute atomic E-state index is 9.93. The van der Waals surface area contributed by atoms with Crippen molar-refractivity contribution in [3.05, 3.63) is 29.8 Å². The van der Waals surface area contributed by atoms with Gasteiger partial charge in [0.15, 0.2) is 0 Å². The van der Waals surface area contributed by atoms with Crippen LogP contribution in [0.1, 0.15) is 50.7 Å². The number of rotatable bonds is 2. The van der Waals surface area contributed by atoms with Gasteiger partial charge in [-0.3, -0.25) is 0 Å². The number of fused-ring (bicyclic) bond motifs is 1. The quantitative estimate of drug-likeness (QED) is 0.862. The SMILES string of the molecule is C[C@H](O)c1ccccc1N1CCC2CCCCC21. The number of para-hydroxylation sites is 1. The molecule has 1 saturated carbocycles. The van der Waals surface area contributed by atoms with Crippen LogP contribution in [0, 0.1) is 5.92 Å². The monoisotopic (exact) mass is 245 g/mol. The maximum atomic E-state index is 9.93. The molecule has 1 aliphatic carbocycles. The zero-order valence-electron chi connectivity index (χ0n) is 11.2. The normalized spacial score (nSPS) is 29.1. The van der Waals surface area contributed by atoms with E-state index in [0.717, 1.165) is 17.5 Å². The predicted octanol–water partition coefficient (Wildman–Crippen LogP) is 3.51. The minimum Gasteiger partial charge on any atom is -0.389 e. The minimum atomic E-state index is -0.371. The summed E-state index contributed by atoms with van der Waals surface area (Å²) >= 11 is 0. The number of hydrogen-bond donors (Lipinski definition) is 1. The van der Waals surface area contributed by atoms with Crippen molar-refractivity contribution in [2.75, 3.05) is 11.4 Å². The first-order chi connectivity index (χ1) is 8.77. The van der Waals surface area contributed by atoms with Crippen molar-refractivity contribution in [1.29, 1.82) is 0 Å². The van der Waals surface area contributed by atoms with Gasteiger partial charge in [-0.05, 0) is 38.2 Å². The van der Waals surface area contributed by atoms with Crippen LogP contribution in [0.15, 0.2) is 24.3 Å². The van der Waals surface area contributed by atoms with E-state index in [2.05, 4.69) is 23.1 Å². The van der Waals surface area contributed by atoms with Gasteiger partial charge in [0.05, 0.1) is 6.10 Å². The highest BCUT2D eigenvalue weighted by Crippen LogP contribution is 2.40. The Labute approximate surface area is 110 Å². The van der Waals surface area contributed by atoms with Gasteiger partial charge in [-0.15, -0.1) is 0 Å². The number of aliphatic hydroxyl groups is 1. The molecule has 0 radical (unpaired) electrons. The van der Waals surface area contributed by atoms with Crippen LogP contribution in [-0.2, 0) is 0 Å².